The summed E-state index contributed by atoms with van der Waals surface area (Å²) >= 11 is 5.84. The van der Waals surface area contributed by atoms with Crippen molar-refractivity contribution in [3.05, 3.63) is 29.3 Å². The standard InChI is InChI=1S/C15H22ClNO/c1-12-9-13(2)11-17(10-12)7-8-18-15-5-3-14(16)4-6-15/h3-6,12-13H,7-11H2,1-2H3. The summed E-state index contributed by atoms with van der Waals surface area (Å²) in [4.78, 5) is 2.51. The molecular formula is C15H22ClNO. The molecule has 2 rings (SSSR count). The maximum atomic E-state index is 5.84. The van der Waals surface area contributed by atoms with Gasteiger partial charge in [-0.25, -0.2) is 0 Å². The minimum atomic E-state index is 0.751. The molecule has 100 valence electrons. The van der Waals surface area contributed by atoms with Crippen LogP contribution in [0.15, 0.2) is 24.3 Å². The number of halogens is 1. The number of hydrogen-bond acceptors (Lipinski definition) is 2. The van der Waals surface area contributed by atoms with E-state index >= 15 is 0 Å². The van der Waals surface area contributed by atoms with Crippen molar-refractivity contribution in [2.75, 3.05) is 26.2 Å². The van der Waals surface area contributed by atoms with Gasteiger partial charge in [-0.05, 0) is 42.5 Å². The van der Waals surface area contributed by atoms with Gasteiger partial charge in [0.1, 0.15) is 12.4 Å². The molecule has 2 unspecified atom stereocenters. The monoisotopic (exact) mass is 267 g/mol. The maximum Gasteiger partial charge on any atom is 0.119 e. The fourth-order valence-corrected chi connectivity index (χ4v) is 2.92. The molecule has 1 aliphatic heterocycles. The zero-order valence-electron chi connectivity index (χ0n) is 11.2. The van der Waals surface area contributed by atoms with Gasteiger partial charge in [0, 0.05) is 24.7 Å². The average Bonchev–Trinajstić information content (AvgIpc) is 2.30. The van der Waals surface area contributed by atoms with Crippen LogP contribution >= 0.6 is 11.6 Å². The third-order valence-electron chi connectivity index (χ3n) is 3.43. The molecule has 0 aromatic heterocycles. The Hall–Kier alpha value is -0.730. The van der Waals surface area contributed by atoms with Crippen LogP contribution in [0.3, 0.4) is 0 Å². The Morgan fingerprint density at radius 3 is 2.39 bits per heavy atom. The molecule has 1 saturated heterocycles. The van der Waals surface area contributed by atoms with E-state index in [2.05, 4.69) is 18.7 Å². The van der Waals surface area contributed by atoms with Gasteiger partial charge in [-0.15, -0.1) is 0 Å². The summed E-state index contributed by atoms with van der Waals surface area (Å²) in [5.41, 5.74) is 0. The van der Waals surface area contributed by atoms with E-state index in [1.54, 1.807) is 0 Å². The summed E-state index contributed by atoms with van der Waals surface area (Å²) in [6.07, 6.45) is 1.36. The lowest BCUT2D eigenvalue weighted by molar-refractivity contribution is 0.120. The van der Waals surface area contributed by atoms with Crippen LogP contribution in [0.2, 0.25) is 5.02 Å². The van der Waals surface area contributed by atoms with Gasteiger partial charge in [0.15, 0.2) is 0 Å². The first-order valence-corrected chi connectivity index (χ1v) is 7.12. The summed E-state index contributed by atoms with van der Waals surface area (Å²) < 4.78 is 5.73. The van der Waals surface area contributed by atoms with E-state index in [0.29, 0.717) is 0 Å². The second-order valence-corrected chi connectivity index (χ2v) is 5.94. The highest BCUT2D eigenvalue weighted by Gasteiger charge is 2.21. The van der Waals surface area contributed by atoms with E-state index in [-0.39, 0.29) is 0 Å². The van der Waals surface area contributed by atoms with Crippen molar-refractivity contribution in [2.45, 2.75) is 20.3 Å². The molecule has 0 aliphatic carbocycles. The van der Waals surface area contributed by atoms with Crippen molar-refractivity contribution < 1.29 is 4.74 Å². The molecule has 0 spiro atoms. The van der Waals surface area contributed by atoms with Crippen LogP contribution in [0.5, 0.6) is 5.75 Å². The van der Waals surface area contributed by atoms with Gasteiger partial charge in [-0.3, -0.25) is 4.90 Å². The molecule has 1 aromatic carbocycles. The van der Waals surface area contributed by atoms with Crippen molar-refractivity contribution >= 4 is 11.6 Å². The van der Waals surface area contributed by atoms with E-state index in [4.69, 9.17) is 16.3 Å². The second-order valence-electron chi connectivity index (χ2n) is 5.51. The Labute approximate surface area is 115 Å². The molecule has 0 amide bonds. The molecule has 18 heavy (non-hydrogen) atoms. The highest BCUT2D eigenvalue weighted by Crippen LogP contribution is 2.21. The first kappa shape index (κ1) is 13.7. The number of benzene rings is 1. The van der Waals surface area contributed by atoms with Gasteiger partial charge >= 0.3 is 0 Å². The number of hydrogen-bond donors (Lipinski definition) is 0. The lowest BCUT2D eigenvalue weighted by Gasteiger charge is -2.34. The zero-order valence-corrected chi connectivity index (χ0v) is 12.0. The van der Waals surface area contributed by atoms with Gasteiger partial charge < -0.3 is 4.74 Å². The molecular weight excluding hydrogens is 246 g/mol. The van der Waals surface area contributed by atoms with E-state index in [1.807, 2.05) is 24.3 Å². The van der Waals surface area contributed by atoms with Crippen LogP contribution in [0, 0.1) is 11.8 Å². The largest absolute Gasteiger partial charge is 0.492 e. The molecule has 2 nitrogen and oxygen atoms in total. The van der Waals surface area contributed by atoms with Crippen molar-refractivity contribution in [3.8, 4) is 5.75 Å². The first-order valence-electron chi connectivity index (χ1n) is 6.74. The van der Waals surface area contributed by atoms with Crippen LogP contribution < -0.4 is 4.74 Å². The molecule has 0 N–H and O–H groups in total. The summed E-state index contributed by atoms with van der Waals surface area (Å²) in [5.74, 6) is 2.52. The quantitative estimate of drug-likeness (QED) is 0.825. The van der Waals surface area contributed by atoms with Crippen LogP contribution in [-0.4, -0.2) is 31.1 Å². The Morgan fingerprint density at radius 2 is 1.78 bits per heavy atom. The smallest absolute Gasteiger partial charge is 0.119 e. The summed E-state index contributed by atoms with van der Waals surface area (Å²) in [7, 11) is 0. The van der Waals surface area contributed by atoms with Gasteiger partial charge in [0.25, 0.3) is 0 Å². The van der Waals surface area contributed by atoms with Crippen LogP contribution in [0.25, 0.3) is 0 Å². The molecule has 2 atom stereocenters. The fourth-order valence-electron chi connectivity index (χ4n) is 2.80. The third-order valence-corrected chi connectivity index (χ3v) is 3.69. The summed E-state index contributed by atoms with van der Waals surface area (Å²) in [6, 6.07) is 7.57. The summed E-state index contributed by atoms with van der Waals surface area (Å²) in [6.45, 7) is 8.84. The number of likely N-dealkylation sites (tertiary alicyclic amines) is 1. The number of piperidine rings is 1. The first-order chi connectivity index (χ1) is 8.63. The van der Waals surface area contributed by atoms with E-state index < -0.39 is 0 Å². The summed E-state index contributed by atoms with van der Waals surface area (Å²) in [5, 5.41) is 0.751. The fraction of sp³-hybridized carbons (Fsp3) is 0.600. The number of nitrogens with zero attached hydrogens (tertiary/aromatic N) is 1. The number of rotatable bonds is 4. The van der Waals surface area contributed by atoms with Crippen molar-refractivity contribution in [1.29, 1.82) is 0 Å². The molecule has 0 bridgehead atoms. The van der Waals surface area contributed by atoms with E-state index in [1.165, 1.54) is 19.5 Å². The molecule has 1 aromatic rings. The van der Waals surface area contributed by atoms with Gasteiger partial charge in [0.2, 0.25) is 0 Å². The molecule has 0 radical (unpaired) electrons. The average molecular weight is 268 g/mol. The third kappa shape index (κ3) is 4.18. The van der Waals surface area contributed by atoms with E-state index in [0.717, 1.165) is 35.8 Å². The zero-order chi connectivity index (χ0) is 13.0. The minimum absolute atomic E-state index is 0.751. The van der Waals surface area contributed by atoms with Crippen molar-refractivity contribution in [3.63, 3.8) is 0 Å². The van der Waals surface area contributed by atoms with Crippen LogP contribution in [-0.2, 0) is 0 Å². The number of ether oxygens (including phenoxy) is 1. The SMILES string of the molecule is CC1CC(C)CN(CCOc2ccc(Cl)cc2)C1. The van der Waals surface area contributed by atoms with Crippen LogP contribution in [0.4, 0.5) is 0 Å². The Morgan fingerprint density at radius 1 is 1.17 bits per heavy atom. The van der Waals surface area contributed by atoms with Crippen LogP contribution in [0.1, 0.15) is 20.3 Å². The Bertz CT molecular complexity index is 355. The van der Waals surface area contributed by atoms with Gasteiger partial charge in [-0.1, -0.05) is 25.4 Å². The minimum Gasteiger partial charge on any atom is -0.492 e. The molecule has 3 heteroatoms. The van der Waals surface area contributed by atoms with Crippen molar-refractivity contribution in [1.82, 2.24) is 4.90 Å². The van der Waals surface area contributed by atoms with Crippen molar-refractivity contribution in [2.24, 2.45) is 11.8 Å². The topological polar surface area (TPSA) is 12.5 Å². The van der Waals surface area contributed by atoms with E-state index in [9.17, 15) is 0 Å². The predicted molar refractivity (Wildman–Crippen MR) is 76.3 cm³/mol. The van der Waals surface area contributed by atoms with Gasteiger partial charge in [-0.2, -0.15) is 0 Å². The lowest BCUT2D eigenvalue weighted by Crippen LogP contribution is -2.40. The van der Waals surface area contributed by atoms with Gasteiger partial charge in [0.05, 0.1) is 0 Å². The molecule has 1 fully saturated rings. The second kappa shape index (κ2) is 6.44. The Balaban J connectivity index is 1.73. The molecule has 1 aliphatic rings. The highest BCUT2D eigenvalue weighted by atomic mass is 35.5. The lowest BCUT2D eigenvalue weighted by atomic mass is 9.92. The molecule has 0 saturated carbocycles. The Kier molecular flexibility index (Phi) is 4.90. The highest BCUT2D eigenvalue weighted by molar-refractivity contribution is 6.30. The predicted octanol–water partition coefficient (Wildman–Crippen LogP) is 3.70. The maximum absolute atomic E-state index is 5.84. The molecule has 1 heterocycles. The normalized spacial score (nSPS) is 25.1.